The summed E-state index contributed by atoms with van der Waals surface area (Å²) in [6.45, 7) is 3.84. The Morgan fingerprint density at radius 1 is 0.789 bits per heavy atom. The number of ether oxygens (including phenoxy) is 3. The molecule has 210 valence electrons. The van der Waals surface area contributed by atoms with Crippen LogP contribution in [0.1, 0.15) is 119 Å². The Labute approximate surface area is 230 Å². The summed E-state index contributed by atoms with van der Waals surface area (Å²) in [4.78, 5) is 12.4. The average Bonchev–Trinajstić information content (AvgIpc) is 3.44. The first-order valence-corrected chi connectivity index (χ1v) is 15.1. The molecule has 0 aromatic heterocycles. The van der Waals surface area contributed by atoms with Gasteiger partial charge in [0, 0.05) is 17.8 Å². The van der Waals surface area contributed by atoms with Crippen molar-refractivity contribution in [3.05, 3.63) is 65.7 Å². The summed E-state index contributed by atoms with van der Waals surface area (Å²) in [7, 11) is 0. The van der Waals surface area contributed by atoms with Gasteiger partial charge in [-0.05, 0) is 30.7 Å². The SMILES string of the molecule is CCCCCCCCCCCCCCCCNc1ccc(C(=O)OCC2COC(c3ccccc3)O2)cc1. The number of hydrogen-bond donors (Lipinski definition) is 1. The minimum absolute atomic E-state index is 0.182. The zero-order valence-electron chi connectivity index (χ0n) is 23.5. The number of benzene rings is 2. The fourth-order valence-corrected chi connectivity index (χ4v) is 4.85. The minimum Gasteiger partial charge on any atom is -0.459 e. The van der Waals surface area contributed by atoms with Crippen LogP contribution in [-0.2, 0) is 14.2 Å². The molecule has 0 amide bonds. The molecule has 1 aliphatic rings. The average molecular weight is 524 g/mol. The maximum atomic E-state index is 12.4. The molecule has 3 rings (SSSR count). The molecule has 5 nitrogen and oxygen atoms in total. The molecule has 1 heterocycles. The van der Waals surface area contributed by atoms with E-state index in [4.69, 9.17) is 14.2 Å². The molecule has 2 unspecified atom stereocenters. The molecular formula is C33H49NO4. The van der Waals surface area contributed by atoms with Gasteiger partial charge in [0.2, 0.25) is 0 Å². The van der Waals surface area contributed by atoms with E-state index in [1.54, 1.807) is 0 Å². The van der Waals surface area contributed by atoms with Gasteiger partial charge in [0.05, 0.1) is 12.2 Å². The van der Waals surface area contributed by atoms with Gasteiger partial charge in [0.15, 0.2) is 6.29 Å². The molecule has 0 radical (unpaired) electrons. The van der Waals surface area contributed by atoms with Crippen LogP contribution in [0.5, 0.6) is 0 Å². The summed E-state index contributed by atoms with van der Waals surface area (Å²) >= 11 is 0. The van der Waals surface area contributed by atoms with E-state index < -0.39 is 6.29 Å². The van der Waals surface area contributed by atoms with Crippen LogP contribution in [0.2, 0.25) is 0 Å². The maximum Gasteiger partial charge on any atom is 0.338 e. The predicted molar refractivity (Wildman–Crippen MR) is 156 cm³/mol. The Morgan fingerprint density at radius 2 is 1.37 bits per heavy atom. The van der Waals surface area contributed by atoms with E-state index in [1.807, 2.05) is 54.6 Å². The molecule has 0 saturated carbocycles. The standard InChI is InChI=1S/C33H49NO4/c1-2-3-4-5-6-7-8-9-10-11-12-13-14-18-25-34-30-23-21-28(22-24-30)32(35)36-26-31-27-37-33(38-31)29-19-16-15-17-20-29/h15-17,19-24,31,33-34H,2-14,18,25-27H2,1H3. The molecule has 38 heavy (non-hydrogen) atoms. The van der Waals surface area contributed by atoms with E-state index in [1.165, 1.54) is 89.9 Å². The quantitative estimate of drug-likeness (QED) is 0.139. The third kappa shape index (κ3) is 12.0. The summed E-state index contributed by atoms with van der Waals surface area (Å²) in [5.74, 6) is -0.338. The summed E-state index contributed by atoms with van der Waals surface area (Å²) < 4.78 is 17.0. The van der Waals surface area contributed by atoms with Crippen molar-refractivity contribution in [1.29, 1.82) is 0 Å². The summed E-state index contributed by atoms with van der Waals surface area (Å²) in [6, 6.07) is 17.3. The number of carbonyl (C=O) groups is 1. The second kappa shape index (κ2) is 18.8. The minimum atomic E-state index is -0.398. The first-order chi connectivity index (χ1) is 18.8. The van der Waals surface area contributed by atoms with Crippen molar-refractivity contribution in [2.24, 2.45) is 0 Å². The van der Waals surface area contributed by atoms with Gasteiger partial charge in [-0.25, -0.2) is 4.79 Å². The zero-order chi connectivity index (χ0) is 26.7. The van der Waals surface area contributed by atoms with Crippen molar-refractivity contribution in [1.82, 2.24) is 0 Å². The van der Waals surface area contributed by atoms with Gasteiger partial charge in [0.25, 0.3) is 0 Å². The number of anilines is 1. The van der Waals surface area contributed by atoms with Crippen molar-refractivity contribution in [2.45, 2.75) is 109 Å². The van der Waals surface area contributed by atoms with E-state index in [0.29, 0.717) is 12.2 Å². The normalized spacial score (nSPS) is 17.0. The summed E-state index contributed by atoms with van der Waals surface area (Å²) in [6.07, 6.45) is 18.6. The lowest BCUT2D eigenvalue weighted by Gasteiger charge is -2.12. The number of esters is 1. The summed E-state index contributed by atoms with van der Waals surface area (Å²) in [5.41, 5.74) is 2.55. The van der Waals surface area contributed by atoms with Gasteiger partial charge in [-0.2, -0.15) is 0 Å². The maximum absolute atomic E-state index is 12.4. The van der Waals surface area contributed by atoms with Crippen LogP contribution in [0.25, 0.3) is 0 Å². The Kier molecular flexibility index (Phi) is 14.9. The number of nitrogens with one attached hydrogen (secondary N) is 1. The van der Waals surface area contributed by atoms with Gasteiger partial charge >= 0.3 is 5.97 Å². The molecule has 1 N–H and O–H groups in total. The van der Waals surface area contributed by atoms with Crippen LogP contribution in [0.4, 0.5) is 5.69 Å². The number of rotatable bonds is 20. The van der Waals surface area contributed by atoms with E-state index in [9.17, 15) is 4.79 Å². The molecule has 2 aromatic rings. The third-order valence-corrected chi connectivity index (χ3v) is 7.20. The fourth-order valence-electron chi connectivity index (χ4n) is 4.85. The first kappa shape index (κ1) is 30.2. The van der Waals surface area contributed by atoms with Gasteiger partial charge in [0.1, 0.15) is 12.7 Å². The second-order valence-electron chi connectivity index (χ2n) is 10.5. The number of unbranched alkanes of at least 4 members (excludes halogenated alkanes) is 13. The molecule has 5 heteroatoms. The van der Waals surface area contributed by atoms with Crippen molar-refractivity contribution >= 4 is 11.7 Å². The van der Waals surface area contributed by atoms with Gasteiger partial charge in [-0.1, -0.05) is 121 Å². The molecule has 0 spiro atoms. The van der Waals surface area contributed by atoms with E-state index >= 15 is 0 Å². The Hall–Kier alpha value is -2.37. The highest BCUT2D eigenvalue weighted by molar-refractivity contribution is 5.89. The second-order valence-corrected chi connectivity index (χ2v) is 10.5. The zero-order valence-corrected chi connectivity index (χ0v) is 23.5. The van der Waals surface area contributed by atoms with E-state index in [0.717, 1.165) is 17.8 Å². The fraction of sp³-hybridized carbons (Fsp3) is 0.606. The van der Waals surface area contributed by atoms with Crippen LogP contribution in [-0.4, -0.2) is 31.8 Å². The lowest BCUT2D eigenvalue weighted by Crippen LogP contribution is -2.20. The largest absolute Gasteiger partial charge is 0.459 e. The van der Waals surface area contributed by atoms with Crippen LogP contribution in [0.3, 0.4) is 0 Å². The first-order valence-electron chi connectivity index (χ1n) is 15.1. The van der Waals surface area contributed by atoms with Crippen LogP contribution in [0, 0.1) is 0 Å². The molecule has 1 aliphatic heterocycles. The van der Waals surface area contributed by atoms with Crippen molar-refractivity contribution in [3.63, 3.8) is 0 Å². The molecule has 2 aromatic carbocycles. The van der Waals surface area contributed by atoms with Gasteiger partial charge in [-0.15, -0.1) is 0 Å². The highest BCUT2D eigenvalue weighted by atomic mass is 16.7. The third-order valence-electron chi connectivity index (χ3n) is 7.20. The van der Waals surface area contributed by atoms with Crippen molar-refractivity contribution in [3.8, 4) is 0 Å². The molecule has 1 saturated heterocycles. The Balaban J connectivity index is 1.16. The molecular weight excluding hydrogens is 474 g/mol. The molecule has 1 fully saturated rings. The Morgan fingerprint density at radius 3 is 1.97 bits per heavy atom. The Bertz CT molecular complexity index is 870. The smallest absolute Gasteiger partial charge is 0.338 e. The molecule has 0 bridgehead atoms. The highest BCUT2D eigenvalue weighted by Gasteiger charge is 2.28. The molecule has 2 atom stereocenters. The van der Waals surface area contributed by atoms with Crippen LogP contribution >= 0.6 is 0 Å². The predicted octanol–water partition coefficient (Wildman–Crippen LogP) is 8.85. The van der Waals surface area contributed by atoms with Crippen molar-refractivity contribution in [2.75, 3.05) is 25.1 Å². The number of hydrogen-bond acceptors (Lipinski definition) is 5. The highest BCUT2D eigenvalue weighted by Crippen LogP contribution is 2.27. The lowest BCUT2D eigenvalue weighted by atomic mass is 10.0. The van der Waals surface area contributed by atoms with Gasteiger partial charge in [-0.3, -0.25) is 0 Å². The van der Waals surface area contributed by atoms with E-state index in [2.05, 4.69) is 12.2 Å². The van der Waals surface area contributed by atoms with E-state index in [-0.39, 0.29) is 18.7 Å². The molecule has 0 aliphatic carbocycles. The van der Waals surface area contributed by atoms with Crippen molar-refractivity contribution < 1.29 is 19.0 Å². The lowest BCUT2D eigenvalue weighted by molar-refractivity contribution is -0.0696. The monoisotopic (exact) mass is 523 g/mol. The van der Waals surface area contributed by atoms with Crippen LogP contribution in [0.15, 0.2) is 54.6 Å². The summed E-state index contributed by atoms with van der Waals surface area (Å²) in [5, 5.41) is 3.46. The van der Waals surface area contributed by atoms with Crippen LogP contribution < -0.4 is 5.32 Å². The van der Waals surface area contributed by atoms with Gasteiger partial charge < -0.3 is 19.5 Å². The topological polar surface area (TPSA) is 56.8 Å². The number of carbonyl (C=O) groups excluding carboxylic acids is 1.